The molecule has 0 radical (unpaired) electrons. The van der Waals surface area contributed by atoms with Crippen LogP contribution in [0.2, 0.25) is 0 Å². The number of para-hydroxylation sites is 3. The van der Waals surface area contributed by atoms with Gasteiger partial charge in [-0.25, -0.2) is 0 Å². The average Bonchev–Trinajstić information content (AvgIpc) is 3.96. The molecule has 0 saturated heterocycles. The fourth-order valence-electron chi connectivity index (χ4n) is 9.26. The highest BCUT2D eigenvalue weighted by Crippen LogP contribution is 2.48. The van der Waals surface area contributed by atoms with E-state index in [1.165, 1.54) is 107 Å². The van der Waals surface area contributed by atoms with Crippen molar-refractivity contribution in [2.45, 2.75) is 19.3 Å². The van der Waals surface area contributed by atoms with Gasteiger partial charge in [0, 0.05) is 67.9 Å². The molecule has 7 aromatic carbocycles. The fraction of sp³-hybridized carbons (Fsp3) is 0.0612. The van der Waals surface area contributed by atoms with Crippen LogP contribution in [0.25, 0.3) is 102 Å². The zero-order valence-electron chi connectivity index (χ0n) is 29.0. The van der Waals surface area contributed by atoms with Gasteiger partial charge in [-0.3, -0.25) is 0 Å². The minimum atomic E-state index is 0.553. The lowest BCUT2D eigenvalue weighted by molar-refractivity contribution is 0.791. The Balaban J connectivity index is 1.10. The van der Waals surface area contributed by atoms with Crippen LogP contribution in [0.15, 0.2) is 152 Å². The molecule has 4 heteroatoms. The van der Waals surface area contributed by atoms with E-state index in [9.17, 15) is 0 Å². The Morgan fingerprint density at radius 2 is 1.17 bits per heavy atom. The first-order valence-corrected chi connectivity index (χ1v) is 20.0. The van der Waals surface area contributed by atoms with E-state index in [1.54, 1.807) is 0 Å². The standard InChI is InChI=1S/C49H32N2S2/c1-29-12-10-19-36-48-44(53-49(29)36)27-24-40-45(48)33-16-3-7-21-38(33)50(40)31-14-11-13-30(28-31)32-15-2-6-20-37(32)51-39-22-8-4-17-34(39)46-41(51)25-26-43-47(46)35-18-5-9-23-42(35)52-43/h2-11,13-29H,12H2,1H3. The SMILES string of the molecule is CC1CC=Cc2c1sc1ccc3c(c4ccccc4n3-c3cccc(-c4ccccc4-n4c5ccccc5c5c6c(ccc54)sc4ccccc46)c3)c21. The molecule has 1 atom stereocenters. The maximum Gasteiger partial charge on any atom is 0.0548 e. The van der Waals surface area contributed by atoms with Crippen LogP contribution >= 0.6 is 22.7 Å². The minimum absolute atomic E-state index is 0.553. The van der Waals surface area contributed by atoms with Crippen molar-refractivity contribution in [1.29, 1.82) is 0 Å². The molecular weight excluding hydrogens is 681 g/mol. The molecule has 0 aliphatic heterocycles. The van der Waals surface area contributed by atoms with Crippen molar-refractivity contribution in [3.63, 3.8) is 0 Å². The predicted octanol–water partition coefficient (Wildman–Crippen LogP) is 14.7. The van der Waals surface area contributed by atoms with Crippen molar-refractivity contribution in [2.24, 2.45) is 0 Å². The molecule has 4 aromatic heterocycles. The summed E-state index contributed by atoms with van der Waals surface area (Å²) in [6.45, 7) is 2.37. The number of thiophene rings is 2. The monoisotopic (exact) mass is 712 g/mol. The highest BCUT2D eigenvalue weighted by atomic mass is 32.1. The quantitative estimate of drug-likeness (QED) is 0.173. The third-order valence-corrected chi connectivity index (χ3v) is 14.1. The maximum atomic E-state index is 2.49. The minimum Gasteiger partial charge on any atom is -0.309 e. The molecule has 0 fully saturated rings. The van der Waals surface area contributed by atoms with Crippen molar-refractivity contribution in [3.05, 3.63) is 162 Å². The fourth-order valence-corrected chi connectivity index (χ4v) is 11.6. The number of rotatable bonds is 3. The Morgan fingerprint density at radius 1 is 0.509 bits per heavy atom. The average molecular weight is 713 g/mol. The molecule has 2 nitrogen and oxygen atoms in total. The van der Waals surface area contributed by atoms with E-state index in [4.69, 9.17) is 0 Å². The second-order valence-electron chi connectivity index (χ2n) is 14.5. The molecule has 1 aliphatic carbocycles. The summed E-state index contributed by atoms with van der Waals surface area (Å²) in [4.78, 5) is 1.52. The Kier molecular flexibility index (Phi) is 6.17. The lowest BCUT2D eigenvalue weighted by Crippen LogP contribution is -1.98. The second kappa shape index (κ2) is 11.0. The van der Waals surface area contributed by atoms with E-state index in [0.29, 0.717) is 5.92 Å². The van der Waals surface area contributed by atoms with Gasteiger partial charge in [0.1, 0.15) is 0 Å². The van der Waals surface area contributed by atoms with Crippen LogP contribution in [0.3, 0.4) is 0 Å². The van der Waals surface area contributed by atoms with Crippen LogP contribution in [0.5, 0.6) is 0 Å². The first kappa shape index (κ1) is 29.6. The van der Waals surface area contributed by atoms with Crippen LogP contribution in [0.4, 0.5) is 0 Å². The first-order chi connectivity index (χ1) is 26.2. The summed E-state index contributed by atoms with van der Waals surface area (Å²) in [6, 6.07) is 54.2. The molecule has 0 bridgehead atoms. The summed E-state index contributed by atoms with van der Waals surface area (Å²) in [5, 5.41) is 9.38. The lowest BCUT2D eigenvalue weighted by atomic mass is 9.93. The maximum absolute atomic E-state index is 2.49. The van der Waals surface area contributed by atoms with Crippen molar-refractivity contribution in [1.82, 2.24) is 9.13 Å². The largest absolute Gasteiger partial charge is 0.309 e. The third-order valence-electron chi connectivity index (χ3n) is 11.5. The Hall–Kier alpha value is -5.94. The van der Waals surface area contributed by atoms with Gasteiger partial charge in [-0.1, -0.05) is 104 Å². The number of benzene rings is 7. The molecule has 11 aromatic rings. The third kappa shape index (κ3) is 4.08. The smallest absolute Gasteiger partial charge is 0.0548 e. The van der Waals surface area contributed by atoms with Gasteiger partial charge in [0.15, 0.2) is 0 Å². The van der Waals surface area contributed by atoms with E-state index >= 15 is 0 Å². The number of allylic oxidation sites excluding steroid dienone is 1. The molecule has 12 rings (SSSR count). The predicted molar refractivity (Wildman–Crippen MR) is 231 cm³/mol. The lowest BCUT2D eigenvalue weighted by Gasteiger charge is -2.16. The summed E-state index contributed by atoms with van der Waals surface area (Å²) in [5.41, 5.74) is 11.1. The van der Waals surface area contributed by atoms with Gasteiger partial charge in [0.2, 0.25) is 0 Å². The van der Waals surface area contributed by atoms with Crippen molar-refractivity contribution < 1.29 is 0 Å². The Morgan fingerprint density at radius 3 is 2.00 bits per heavy atom. The van der Waals surface area contributed by atoms with E-state index in [-0.39, 0.29) is 0 Å². The molecular formula is C49H32N2S2. The van der Waals surface area contributed by atoms with Gasteiger partial charge in [0.25, 0.3) is 0 Å². The second-order valence-corrected chi connectivity index (χ2v) is 16.6. The van der Waals surface area contributed by atoms with Crippen LogP contribution < -0.4 is 0 Å². The number of aromatic nitrogens is 2. The summed E-state index contributed by atoms with van der Waals surface area (Å²) in [6.07, 6.45) is 5.85. The summed E-state index contributed by atoms with van der Waals surface area (Å²) < 4.78 is 9.02. The van der Waals surface area contributed by atoms with Crippen LogP contribution in [-0.2, 0) is 0 Å². The topological polar surface area (TPSA) is 9.86 Å². The molecule has 0 spiro atoms. The van der Waals surface area contributed by atoms with Gasteiger partial charge >= 0.3 is 0 Å². The van der Waals surface area contributed by atoms with Crippen LogP contribution in [-0.4, -0.2) is 9.13 Å². The van der Waals surface area contributed by atoms with Gasteiger partial charge in [-0.15, -0.1) is 22.7 Å². The zero-order valence-corrected chi connectivity index (χ0v) is 30.6. The van der Waals surface area contributed by atoms with E-state index in [0.717, 1.165) is 6.42 Å². The van der Waals surface area contributed by atoms with Gasteiger partial charge < -0.3 is 9.13 Å². The molecule has 0 saturated carbocycles. The summed E-state index contributed by atoms with van der Waals surface area (Å²) in [5.74, 6) is 0.553. The van der Waals surface area contributed by atoms with Crippen LogP contribution in [0.1, 0.15) is 29.7 Å². The van der Waals surface area contributed by atoms with Gasteiger partial charge in [0.05, 0.1) is 27.8 Å². The molecule has 250 valence electrons. The Labute approximate surface area is 314 Å². The number of fused-ring (bicyclic) bond motifs is 14. The van der Waals surface area contributed by atoms with Crippen molar-refractivity contribution >= 4 is 103 Å². The molecule has 1 aliphatic rings. The highest BCUT2D eigenvalue weighted by molar-refractivity contribution is 7.26. The summed E-state index contributed by atoms with van der Waals surface area (Å²) >= 11 is 3.86. The number of nitrogens with zero attached hydrogens (tertiary/aromatic N) is 2. The number of hydrogen-bond donors (Lipinski definition) is 0. The molecule has 0 N–H and O–H groups in total. The number of hydrogen-bond acceptors (Lipinski definition) is 2. The van der Waals surface area contributed by atoms with Gasteiger partial charge in [-0.2, -0.15) is 0 Å². The molecule has 4 heterocycles. The zero-order chi connectivity index (χ0) is 34.8. The van der Waals surface area contributed by atoms with E-state index in [1.807, 2.05) is 22.7 Å². The Bertz CT molecular complexity index is 3340. The molecule has 53 heavy (non-hydrogen) atoms. The van der Waals surface area contributed by atoms with Gasteiger partial charge in [-0.05, 0) is 84.1 Å². The normalized spacial score (nSPS) is 14.5. The molecule has 1 unspecified atom stereocenters. The van der Waals surface area contributed by atoms with Crippen molar-refractivity contribution in [2.75, 3.05) is 0 Å². The summed E-state index contributed by atoms with van der Waals surface area (Å²) in [7, 11) is 0. The highest BCUT2D eigenvalue weighted by Gasteiger charge is 2.24. The van der Waals surface area contributed by atoms with E-state index < -0.39 is 0 Å². The van der Waals surface area contributed by atoms with E-state index in [2.05, 4.69) is 174 Å². The van der Waals surface area contributed by atoms with Crippen molar-refractivity contribution in [3.8, 4) is 22.5 Å². The van der Waals surface area contributed by atoms with Crippen LogP contribution in [0, 0.1) is 0 Å². The first-order valence-electron chi connectivity index (χ1n) is 18.4. The molecule has 0 amide bonds.